The summed E-state index contributed by atoms with van der Waals surface area (Å²) in [6.07, 6.45) is 7.91. The average molecular weight is 343 g/mol. The highest BCUT2D eigenvalue weighted by Gasteiger charge is 2.07. The van der Waals surface area contributed by atoms with Crippen molar-refractivity contribution in [2.75, 3.05) is 0 Å². The van der Waals surface area contributed by atoms with E-state index in [0.29, 0.717) is 0 Å². The summed E-state index contributed by atoms with van der Waals surface area (Å²) >= 11 is 0. The Hall–Kier alpha value is -2.34. The van der Waals surface area contributed by atoms with Gasteiger partial charge in [-0.3, -0.25) is 0 Å². The Bertz CT molecular complexity index is 794. The van der Waals surface area contributed by atoms with Crippen molar-refractivity contribution in [3.8, 4) is 22.3 Å². The van der Waals surface area contributed by atoms with E-state index in [4.69, 9.17) is 0 Å². The van der Waals surface area contributed by atoms with Crippen LogP contribution < -0.4 is 0 Å². The van der Waals surface area contributed by atoms with Gasteiger partial charge in [0.15, 0.2) is 0 Å². The van der Waals surface area contributed by atoms with E-state index in [2.05, 4.69) is 86.6 Å². The molecule has 0 heteroatoms. The minimum Gasteiger partial charge on any atom is -0.0654 e. The second-order valence-electron chi connectivity index (χ2n) is 7.27. The Balaban J connectivity index is 1.74. The molecule has 0 radical (unpaired) electrons. The zero-order valence-corrected chi connectivity index (χ0v) is 16.2. The summed E-state index contributed by atoms with van der Waals surface area (Å²) in [6.45, 7) is 4.41. The molecule has 0 unspecified atom stereocenters. The van der Waals surface area contributed by atoms with E-state index in [-0.39, 0.29) is 0 Å². The number of hydrogen-bond donors (Lipinski definition) is 0. The molecule has 0 aliphatic heterocycles. The van der Waals surface area contributed by atoms with Gasteiger partial charge in [-0.15, -0.1) is 0 Å². The van der Waals surface area contributed by atoms with Gasteiger partial charge >= 0.3 is 0 Å². The van der Waals surface area contributed by atoms with Gasteiger partial charge in [-0.1, -0.05) is 111 Å². The minimum absolute atomic E-state index is 1.20. The lowest BCUT2D eigenvalue weighted by Crippen LogP contribution is -1.88. The number of hydrogen-bond acceptors (Lipinski definition) is 0. The van der Waals surface area contributed by atoms with E-state index < -0.39 is 0 Å². The van der Waals surface area contributed by atoms with E-state index in [1.54, 1.807) is 0 Å². The van der Waals surface area contributed by atoms with E-state index in [1.807, 2.05) is 0 Å². The van der Waals surface area contributed by atoms with Gasteiger partial charge in [-0.2, -0.15) is 0 Å². The second-order valence-corrected chi connectivity index (χ2v) is 7.27. The number of unbranched alkanes of at least 4 members (excludes halogenated alkanes) is 4. The summed E-state index contributed by atoms with van der Waals surface area (Å²) in [7, 11) is 0. The molecule has 0 nitrogen and oxygen atoms in total. The number of aryl methyl sites for hydroxylation is 2. The first kappa shape index (κ1) is 18.5. The highest BCUT2D eigenvalue weighted by atomic mass is 14.1. The van der Waals surface area contributed by atoms with Gasteiger partial charge in [0.2, 0.25) is 0 Å². The third-order valence-electron chi connectivity index (χ3n) is 5.12. The smallest absolute Gasteiger partial charge is 0.0105 e. The molecule has 3 rings (SSSR count). The maximum Gasteiger partial charge on any atom is -0.0105 e. The highest BCUT2D eigenvalue weighted by molar-refractivity contribution is 5.83. The van der Waals surface area contributed by atoms with Crippen LogP contribution in [0.15, 0.2) is 72.8 Å². The predicted molar refractivity (Wildman–Crippen MR) is 115 cm³/mol. The fourth-order valence-corrected chi connectivity index (χ4v) is 3.50. The lowest BCUT2D eigenvalue weighted by molar-refractivity contribution is 0.632. The first-order valence-corrected chi connectivity index (χ1v) is 10.0. The molecule has 3 aromatic carbocycles. The summed E-state index contributed by atoms with van der Waals surface area (Å²) in [5.74, 6) is 0. The van der Waals surface area contributed by atoms with Crippen LogP contribution in [0.1, 0.15) is 50.2 Å². The largest absolute Gasteiger partial charge is 0.0654 e. The highest BCUT2D eigenvalue weighted by Crippen LogP contribution is 2.32. The molecule has 0 amide bonds. The van der Waals surface area contributed by atoms with E-state index in [1.165, 1.54) is 71.9 Å². The second kappa shape index (κ2) is 9.38. The molecule has 0 atom stereocenters. The van der Waals surface area contributed by atoms with Gasteiger partial charge in [0.25, 0.3) is 0 Å². The summed E-state index contributed by atoms with van der Waals surface area (Å²) in [6, 6.07) is 26.7. The molecule has 134 valence electrons. The van der Waals surface area contributed by atoms with Gasteiger partial charge in [-0.05, 0) is 47.6 Å². The van der Waals surface area contributed by atoms with Crippen molar-refractivity contribution in [2.24, 2.45) is 0 Å². The van der Waals surface area contributed by atoms with Gasteiger partial charge < -0.3 is 0 Å². The van der Waals surface area contributed by atoms with Crippen LogP contribution in [0.2, 0.25) is 0 Å². The molecule has 3 aromatic rings. The van der Waals surface area contributed by atoms with Crippen molar-refractivity contribution in [3.63, 3.8) is 0 Å². The van der Waals surface area contributed by atoms with E-state index in [0.717, 1.165) is 0 Å². The molecule has 0 aliphatic carbocycles. The van der Waals surface area contributed by atoms with Crippen LogP contribution in [0.5, 0.6) is 0 Å². The van der Waals surface area contributed by atoms with Crippen molar-refractivity contribution in [1.29, 1.82) is 0 Å². The maximum atomic E-state index is 2.31. The Labute approximate surface area is 158 Å². The fourth-order valence-electron chi connectivity index (χ4n) is 3.50. The van der Waals surface area contributed by atoms with Crippen LogP contribution in [0.25, 0.3) is 22.3 Å². The third kappa shape index (κ3) is 4.85. The van der Waals surface area contributed by atoms with Crippen LogP contribution >= 0.6 is 0 Å². The molecule has 0 bridgehead atoms. The fraction of sp³-hybridized carbons (Fsp3) is 0.308. The Morgan fingerprint density at radius 1 is 0.577 bits per heavy atom. The van der Waals surface area contributed by atoms with Gasteiger partial charge in [0.05, 0.1) is 0 Å². The van der Waals surface area contributed by atoms with Gasteiger partial charge in [0.1, 0.15) is 0 Å². The molecular weight excluding hydrogens is 312 g/mol. The van der Waals surface area contributed by atoms with Crippen LogP contribution in [0, 0.1) is 6.92 Å². The maximum absolute atomic E-state index is 2.31. The first-order valence-electron chi connectivity index (χ1n) is 10.0. The summed E-state index contributed by atoms with van der Waals surface area (Å²) in [5, 5.41) is 0. The number of benzene rings is 3. The van der Waals surface area contributed by atoms with Crippen molar-refractivity contribution < 1.29 is 0 Å². The molecular formula is C26H30. The molecule has 0 saturated heterocycles. The molecule has 0 N–H and O–H groups in total. The normalized spacial score (nSPS) is 10.8. The number of rotatable bonds is 8. The molecule has 26 heavy (non-hydrogen) atoms. The monoisotopic (exact) mass is 342 g/mol. The molecule has 0 saturated carbocycles. The zero-order chi connectivity index (χ0) is 18.2. The van der Waals surface area contributed by atoms with Gasteiger partial charge in [0, 0.05) is 0 Å². The molecule has 0 heterocycles. The summed E-state index contributed by atoms with van der Waals surface area (Å²) < 4.78 is 0. The summed E-state index contributed by atoms with van der Waals surface area (Å²) in [5.41, 5.74) is 7.96. The molecule has 0 fully saturated rings. The van der Waals surface area contributed by atoms with Crippen molar-refractivity contribution in [3.05, 3.63) is 83.9 Å². The van der Waals surface area contributed by atoms with Crippen LogP contribution in [0.4, 0.5) is 0 Å². The van der Waals surface area contributed by atoms with Gasteiger partial charge in [-0.25, -0.2) is 0 Å². The Morgan fingerprint density at radius 3 is 1.69 bits per heavy atom. The van der Waals surface area contributed by atoms with E-state index in [9.17, 15) is 0 Å². The van der Waals surface area contributed by atoms with E-state index >= 15 is 0 Å². The molecule has 0 aliphatic rings. The van der Waals surface area contributed by atoms with Crippen molar-refractivity contribution in [2.45, 2.75) is 52.4 Å². The quantitative estimate of drug-likeness (QED) is 0.366. The summed E-state index contributed by atoms with van der Waals surface area (Å²) in [4.78, 5) is 0. The Kier molecular flexibility index (Phi) is 6.66. The van der Waals surface area contributed by atoms with Crippen LogP contribution in [-0.2, 0) is 6.42 Å². The standard InChI is InChI=1S/C26H30/c1-3-4-5-6-7-10-22-15-19-24(20-16-22)26-12-9-8-11-25(26)23-17-13-21(2)14-18-23/h8-9,11-20H,3-7,10H2,1-2H3. The van der Waals surface area contributed by atoms with Crippen LogP contribution in [0.3, 0.4) is 0 Å². The minimum atomic E-state index is 1.20. The molecule has 0 aromatic heterocycles. The third-order valence-corrected chi connectivity index (χ3v) is 5.12. The van der Waals surface area contributed by atoms with Crippen molar-refractivity contribution >= 4 is 0 Å². The lowest BCUT2D eigenvalue weighted by Gasteiger charge is -2.11. The predicted octanol–water partition coefficient (Wildman–Crippen LogP) is 7.84. The van der Waals surface area contributed by atoms with Crippen molar-refractivity contribution in [1.82, 2.24) is 0 Å². The Morgan fingerprint density at radius 2 is 1.12 bits per heavy atom. The first-order chi connectivity index (χ1) is 12.8. The van der Waals surface area contributed by atoms with Crippen LogP contribution in [-0.4, -0.2) is 0 Å². The average Bonchev–Trinajstić information content (AvgIpc) is 2.69. The SMILES string of the molecule is CCCCCCCc1ccc(-c2ccccc2-c2ccc(C)cc2)cc1. The molecule has 0 spiro atoms. The topological polar surface area (TPSA) is 0 Å². The zero-order valence-electron chi connectivity index (χ0n) is 16.2. The lowest BCUT2D eigenvalue weighted by atomic mass is 9.93.